The Balaban J connectivity index is 1.44. The summed E-state index contributed by atoms with van der Waals surface area (Å²) in [4.78, 5) is 38.3. The molecular weight excluding hydrogens is 322 g/mol. The van der Waals surface area contributed by atoms with Gasteiger partial charge in [-0.1, -0.05) is 19.3 Å². The van der Waals surface area contributed by atoms with Crippen LogP contribution in [0.4, 0.5) is 0 Å². The van der Waals surface area contributed by atoms with Crippen LogP contribution >= 0.6 is 0 Å². The predicted octanol–water partition coefficient (Wildman–Crippen LogP) is 0.269. The minimum absolute atomic E-state index is 0.0199. The Labute approximate surface area is 147 Å². The van der Waals surface area contributed by atoms with Gasteiger partial charge in [-0.15, -0.1) is 0 Å². The number of amides is 2. The largest absolute Gasteiger partial charge is 0.352 e. The maximum absolute atomic E-state index is 12.6. The number of hydrogen-bond acceptors (Lipinski definition) is 4. The van der Waals surface area contributed by atoms with Crippen LogP contribution in [0.1, 0.15) is 44.9 Å². The quantitative estimate of drug-likeness (QED) is 0.845. The highest BCUT2D eigenvalue weighted by Gasteiger charge is 2.29. The lowest BCUT2D eigenvalue weighted by Gasteiger charge is -2.35. The molecule has 0 radical (unpaired) electrons. The first-order valence-electron chi connectivity index (χ1n) is 9.21. The number of carbonyl (C=O) groups excluding carboxylic acids is 2. The second-order valence-electron chi connectivity index (χ2n) is 7.17. The van der Waals surface area contributed by atoms with E-state index in [4.69, 9.17) is 0 Å². The standard InChI is InChI=1S/C17H27N5O3/c1-20-17(25)22(12-18-20)11-15(23)19-14-7-9-21(10-8-14)16(24)13-5-3-2-4-6-13/h12-14H,2-11H2,1H3,(H,19,23). The summed E-state index contributed by atoms with van der Waals surface area (Å²) in [5.74, 6) is 0.316. The first-order chi connectivity index (χ1) is 12.0. The third-order valence-electron chi connectivity index (χ3n) is 5.33. The zero-order valence-corrected chi connectivity index (χ0v) is 14.8. The van der Waals surface area contributed by atoms with Crippen molar-refractivity contribution in [3.05, 3.63) is 16.8 Å². The predicted molar refractivity (Wildman–Crippen MR) is 91.8 cm³/mol. The summed E-state index contributed by atoms with van der Waals surface area (Å²) in [7, 11) is 1.55. The van der Waals surface area contributed by atoms with Crippen molar-refractivity contribution in [2.75, 3.05) is 13.1 Å². The molecule has 2 fully saturated rings. The minimum Gasteiger partial charge on any atom is -0.352 e. The number of hydrogen-bond donors (Lipinski definition) is 1. The number of likely N-dealkylation sites (tertiary alicyclic amines) is 1. The number of nitrogens with zero attached hydrogens (tertiary/aromatic N) is 4. The Morgan fingerprint density at radius 2 is 1.84 bits per heavy atom. The molecule has 138 valence electrons. The molecule has 0 unspecified atom stereocenters. The number of nitrogens with one attached hydrogen (secondary N) is 1. The molecule has 25 heavy (non-hydrogen) atoms. The van der Waals surface area contributed by atoms with Gasteiger partial charge in [0.15, 0.2) is 0 Å². The van der Waals surface area contributed by atoms with Gasteiger partial charge in [0.1, 0.15) is 12.9 Å². The van der Waals surface area contributed by atoms with Crippen molar-refractivity contribution in [2.45, 2.75) is 57.5 Å². The van der Waals surface area contributed by atoms with E-state index < -0.39 is 0 Å². The van der Waals surface area contributed by atoms with Crippen molar-refractivity contribution in [1.29, 1.82) is 0 Å². The molecule has 8 nitrogen and oxygen atoms in total. The first-order valence-corrected chi connectivity index (χ1v) is 9.21. The zero-order chi connectivity index (χ0) is 17.8. The highest BCUT2D eigenvalue weighted by molar-refractivity contribution is 5.79. The Hall–Kier alpha value is -2.12. The van der Waals surface area contributed by atoms with Crippen LogP contribution in [0.15, 0.2) is 11.1 Å². The van der Waals surface area contributed by atoms with Crippen LogP contribution in [0.25, 0.3) is 0 Å². The minimum atomic E-state index is -0.303. The molecule has 1 aromatic heterocycles. The Kier molecular flexibility index (Phi) is 5.55. The van der Waals surface area contributed by atoms with Crippen molar-refractivity contribution >= 4 is 11.8 Å². The van der Waals surface area contributed by atoms with Gasteiger partial charge in [-0.2, -0.15) is 5.10 Å². The Morgan fingerprint density at radius 3 is 2.44 bits per heavy atom. The van der Waals surface area contributed by atoms with Gasteiger partial charge < -0.3 is 10.2 Å². The number of rotatable bonds is 4. The van der Waals surface area contributed by atoms with Gasteiger partial charge in [-0.05, 0) is 25.7 Å². The van der Waals surface area contributed by atoms with E-state index in [1.807, 2.05) is 4.90 Å². The molecule has 2 amide bonds. The van der Waals surface area contributed by atoms with Crippen molar-refractivity contribution in [3.63, 3.8) is 0 Å². The lowest BCUT2D eigenvalue weighted by Crippen LogP contribution is -2.49. The average Bonchev–Trinajstić information content (AvgIpc) is 2.94. The maximum Gasteiger partial charge on any atom is 0.345 e. The van der Waals surface area contributed by atoms with Crippen molar-refractivity contribution < 1.29 is 9.59 Å². The summed E-state index contributed by atoms with van der Waals surface area (Å²) in [5.41, 5.74) is -0.303. The van der Waals surface area contributed by atoms with Gasteiger partial charge in [0.05, 0.1) is 0 Å². The maximum atomic E-state index is 12.6. The summed E-state index contributed by atoms with van der Waals surface area (Å²) >= 11 is 0. The third kappa shape index (κ3) is 4.29. The average molecular weight is 349 g/mol. The van der Waals surface area contributed by atoms with Gasteiger partial charge in [-0.3, -0.25) is 14.2 Å². The van der Waals surface area contributed by atoms with Crippen molar-refractivity contribution in [1.82, 2.24) is 24.6 Å². The van der Waals surface area contributed by atoms with E-state index in [-0.39, 0.29) is 30.1 Å². The fourth-order valence-corrected chi connectivity index (χ4v) is 3.81. The molecule has 0 spiro atoms. The van der Waals surface area contributed by atoms with E-state index in [1.165, 1.54) is 22.0 Å². The Morgan fingerprint density at radius 1 is 1.16 bits per heavy atom. The molecule has 2 aliphatic rings. The third-order valence-corrected chi connectivity index (χ3v) is 5.33. The monoisotopic (exact) mass is 349 g/mol. The second kappa shape index (κ2) is 7.84. The van der Waals surface area contributed by atoms with Crippen LogP contribution in [0.5, 0.6) is 0 Å². The molecule has 1 aliphatic carbocycles. The summed E-state index contributed by atoms with van der Waals surface area (Å²) in [6.45, 7) is 1.38. The van der Waals surface area contributed by atoms with Gasteiger partial charge in [0, 0.05) is 32.1 Å². The van der Waals surface area contributed by atoms with E-state index in [0.29, 0.717) is 19.0 Å². The molecule has 0 bridgehead atoms. The molecule has 1 N–H and O–H groups in total. The highest BCUT2D eigenvalue weighted by atomic mass is 16.2. The first kappa shape index (κ1) is 17.7. The smallest absolute Gasteiger partial charge is 0.345 e. The number of carbonyl (C=O) groups is 2. The van der Waals surface area contributed by atoms with Crippen LogP contribution in [0.2, 0.25) is 0 Å². The SMILES string of the molecule is Cn1ncn(CC(=O)NC2CCN(C(=O)C3CCCCC3)CC2)c1=O. The molecule has 1 saturated heterocycles. The van der Waals surface area contributed by atoms with Crippen LogP contribution in [0.3, 0.4) is 0 Å². The molecular formula is C17H27N5O3. The van der Waals surface area contributed by atoms with Crippen LogP contribution in [-0.2, 0) is 23.2 Å². The van der Waals surface area contributed by atoms with Crippen molar-refractivity contribution in [2.24, 2.45) is 13.0 Å². The van der Waals surface area contributed by atoms with Gasteiger partial charge in [-0.25, -0.2) is 9.48 Å². The van der Waals surface area contributed by atoms with Crippen LogP contribution in [-0.4, -0.2) is 50.2 Å². The molecule has 2 heterocycles. The van der Waals surface area contributed by atoms with Gasteiger partial charge in [0.2, 0.25) is 11.8 Å². The highest BCUT2D eigenvalue weighted by Crippen LogP contribution is 2.26. The number of aromatic nitrogens is 3. The van der Waals surface area contributed by atoms with E-state index in [0.717, 1.165) is 38.5 Å². The molecule has 8 heteroatoms. The van der Waals surface area contributed by atoms with E-state index >= 15 is 0 Å². The van der Waals surface area contributed by atoms with Crippen LogP contribution in [0, 0.1) is 5.92 Å². The summed E-state index contributed by atoms with van der Waals surface area (Å²) in [5, 5.41) is 6.80. The molecule has 1 saturated carbocycles. The fourth-order valence-electron chi connectivity index (χ4n) is 3.81. The van der Waals surface area contributed by atoms with Crippen molar-refractivity contribution in [3.8, 4) is 0 Å². The fraction of sp³-hybridized carbons (Fsp3) is 0.765. The lowest BCUT2D eigenvalue weighted by molar-refractivity contribution is -0.137. The molecule has 0 aromatic carbocycles. The summed E-state index contributed by atoms with van der Waals surface area (Å²) in [6, 6.07) is 0.0651. The van der Waals surface area contributed by atoms with E-state index in [2.05, 4.69) is 10.4 Å². The van der Waals surface area contributed by atoms with Gasteiger partial charge in [0.25, 0.3) is 0 Å². The summed E-state index contributed by atoms with van der Waals surface area (Å²) in [6.07, 6.45) is 8.53. The second-order valence-corrected chi connectivity index (χ2v) is 7.17. The van der Waals surface area contributed by atoms with E-state index in [1.54, 1.807) is 7.05 Å². The molecule has 3 rings (SSSR count). The van der Waals surface area contributed by atoms with Crippen LogP contribution < -0.4 is 11.0 Å². The zero-order valence-electron chi connectivity index (χ0n) is 14.8. The van der Waals surface area contributed by atoms with Gasteiger partial charge >= 0.3 is 5.69 Å². The lowest BCUT2D eigenvalue weighted by atomic mass is 9.87. The van der Waals surface area contributed by atoms with E-state index in [9.17, 15) is 14.4 Å². The summed E-state index contributed by atoms with van der Waals surface area (Å²) < 4.78 is 2.49. The number of aryl methyl sites for hydroxylation is 1. The molecule has 0 atom stereocenters. The Bertz CT molecular complexity index is 666. The number of piperidine rings is 1. The topological polar surface area (TPSA) is 89.2 Å². The normalized spacial score (nSPS) is 19.8. The molecule has 1 aliphatic heterocycles. The molecule has 1 aromatic rings.